The molecule has 1 aromatic carbocycles. The number of aryl methyl sites for hydroxylation is 1. The van der Waals surface area contributed by atoms with Crippen molar-refractivity contribution in [3.63, 3.8) is 0 Å². The van der Waals surface area contributed by atoms with Crippen molar-refractivity contribution in [2.75, 3.05) is 13.1 Å². The van der Waals surface area contributed by atoms with Gasteiger partial charge in [0.15, 0.2) is 0 Å². The molecule has 6 heteroatoms. The Morgan fingerprint density at radius 3 is 2.80 bits per heavy atom. The molecule has 0 amide bonds. The number of aromatic nitrogens is 3. The largest absolute Gasteiger partial charge is 0.298 e. The summed E-state index contributed by atoms with van der Waals surface area (Å²) in [5.41, 5.74) is 2.03. The number of piperidine rings is 1. The van der Waals surface area contributed by atoms with Crippen LogP contribution in [0, 0.1) is 12.8 Å². The molecule has 4 rings (SSSR count). The Labute approximate surface area is 151 Å². The maximum absolute atomic E-state index is 12.6. The first-order valence-electron chi connectivity index (χ1n) is 8.76. The molecule has 3 aromatic rings. The van der Waals surface area contributed by atoms with Crippen LogP contribution < -0.4 is 5.56 Å². The topological polar surface area (TPSA) is 51.0 Å². The van der Waals surface area contributed by atoms with Crippen molar-refractivity contribution >= 4 is 22.2 Å². The van der Waals surface area contributed by atoms with Gasteiger partial charge in [0, 0.05) is 18.5 Å². The number of nitrogens with zero attached hydrogens (tertiary/aromatic N) is 4. The summed E-state index contributed by atoms with van der Waals surface area (Å²) in [6, 6.07) is 7.56. The van der Waals surface area contributed by atoms with Gasteiger partial charge in [-0.3, -0.25) is 14.3 Å². The van der Waals surface area contributed by atoms with Crippen LogP contribution in [0.2, 0.25) is 0 Å². The standard InChI is InChI=1S/C19H22N4OS/c1-14-21-16(12-25-14)11-22-8-6-15(7-9-22)10-23-13-20-18-5-3-2-4-17(18)19(23)24/h2-5,12-13,15H,6-11H2,1H3. The van der Waals surface area contributed by atoms with Crippen molar-refractivity contribution in [3.8, 4) is 0 Å². The van der Waals surface area contributed by atoms with Gasteiger partial charge in [0.25, 0.3) is 5.56 Å². The van der Waals surface area contributed by atoms with Gasteiger partial charge < -0.3 is 0 Å². The zero-order chi connectivity index (χ0) is 17.2. The lowest BCUT2D eigenvalue weighted by Crippen LogP contribution is -2.36. The van der Waals surface area contributed by atoms with Crippen LogP contribution in [-0.2, 0) is 13.1 Å². The number of benzene rings is 1. The molecule has 0 spiro atoms. The molecular weight excluding hydrogens is 332 g/mol. The molecule has 1 fully saturated rings. The van der Waals surface area contributed by atoms with Crippen LogP contribution in [0.25, 0.3) is 10.9 Å². The summed E-state index contributed by atoms with van der Waals surface area (Å²) in [7, 11) is 0. The van der Waals surface area contributed by atoms with Crippen molar-refractivity contribution < 1.29 is 0 Å². The predicted octanol–water partition coefficient (Wildman–Crippen LogP) is 3.07. The third kappa shape index (κ3) is 3.65. The van der Waals surface area contributed by atoms with E-state index in [1.807, 2.05) is 24.3 Å². The number of thiazole rings is 1. The molecule has 0 saturated carbocycles. The first kappa shape index (κ1) is 16.4. The Bertz CT molecular complexity index is 924. The van der Waals surface area contributed by atoms with E-state index in [2.05, 4.69) is 27.2 Å². The third-order valence-corrected chi connectivity index (χ3v) is 5.77. The fourth-order valence-corrected chi connectivity index (χ4v) is 4.16. The number of fused-ring (bicyclic) bond motifs is 1. The number of hydrogen-bond donors (Lipinski definition) is 0. The average Bonchev–Trinajstić information content (AvgIpc) is 3.04. The highest BCUT2D eigenvalue weighted by Gasteiger charge is 2.21. The Morgan fingerprint density at radius 2 is 2.04 bits per heavy atom. The van der Waals surface area contributed by atoms with Crippen molar-refractivity contribution in [1.82, 2.24) is 19.4 Å². The molecule has 1 saturated heterocycles. The summed E-state index contributed by atoms with van der Waals surface area (Å²) in [5.74, 6) is 0.536. The van der Waals surface area contributed by atoms with E-state index in [9.17, 15) is 4.79 Å². The van der Waals surface area contributed by atoms with Gasteiger partial charge in [-0.1, -0.05) is 12.1 Å². The maximum atomic E-state index is 12.6. The molecule has 0 radical (unpaired) electrons. The van der Waals surface area contributed by atoms with Gasteiger partial charge in [0.1, 0.15) is 0 Å². The molecule has 5 nitrogen and oxygen atoms in total. The minimum atomic E-state index is 0.0750. The molecule has 2 aromatic heterocycles. The lowest BCUT2D eigenvalue weighted by atomic mass is 9.96. The second-order valence-corrected chi connectivity index (χ2v) is 7.86. The molecule has 0 N–H and O–H groups in total. The summed E-state index contributed by atoms with van der Waals surface area (Å²) >= 11 is 1.71. The highest BCUT2D eigenvalue weighted by molar-refractivity contribution is 7.09. The van der Waals surface area contributed by atoms with E-state index in [1.54, 1.807) is 22.2 Å². The van der Waals surface area contributed by atoms with E-state index < -0.39 is 0 Å². The first-order valence-corrected chi connectivity index (χ1v) is 9.64. The number of likely N-dealkylation sites (tertiary alicyclic amines) is 1. The third-order valence-electron chi connectivity index (χ3n) is 4.95. The Hall–Kier alpha value is -2.05. The summed E-state index contributed by atoms with van der Waals surface area (Å²) in [6.07, 6.45) is 3.93. The quantitative estimate of drug-likeness (QED) is 0.722. The monoisotopic (exact) mass is 354 g/mol. The smallest absolute Gasteiger partial charge is 0.261 e. The van der Waals surface area contributed by atoms with Crippen molar-refractivity contribution in [2.24, 2.45) is 5.92 Å². The van der Waals surface area contributed by atoms with Gasteiger partial charge in [0.05, 0.1) is 27.9 Å². The van der Waals surface area contributed by atoms with E-state index >= 15 is 0 Å². The van der Waals surface area contributed by atoms with Crippen molar-refractivity contribution in [2.45, 2.75) is 32.9 Å². The van der Waals surface area contributed by atoms with Crippen LogP contribution in [0.15, 0.2) is 40.8 Å². The van der Waals surface area contributed by atoms with Gasteiger partial charge in [-0.2, -0.15) is 0 Å². The van der Waals surface area contributed by atoms with Gasteiger partial charge in [-0.25, -0.2) is 9.97 Å². The zero-order valence-electron chi connectivity index (χ0n) is 14.4. The Kier molecular flexibility index (Phi) is 4.63. The normalized spacial score (nSPS) is 16.5. The van der Waals surface area contributed by atoms with E-state index in [0.717, 1.165) is 49.5 Å². The van der Waals surface area contributed by atoms with Crippen LogP contribution in [-0.4, -0.2) is 32.5 Å². The van der Waals surface area contributed by atoms with Gasteiger partial charge in [-0.15, -0.1) is 11.3 Å². The lowest BCUT2D eigenvalue weighted by molar-refractivity contribution is 0.165. The molecule has 25 heavy (non-hydrogen) atoms. The van der Waals surface area contributed by atoms with Crippen LogP contribution in [0.5, 0.6) is 0 Å². The molecule has 3 heterocycles. The molecule has 0 bridgehead atoms. The fourth-order valence-electron chi connectivity index (χ4n) is 3.55. The molecule has 130 valence electrons. The van der Waals surface area contributed by atoms with Crippen LogP contribution in [0.4, 0.5) is 0 Å². The zero-order valence-corrected chi connectivity index (χ0v) is 15.2. The fraction of sp³-hybridized carbons (Fsp3) is 0.421. The van der Waals surface area contributed by atoms with Crippen molar-refractivity contribution in [1.29, 1.82) is 0 Å². The lowest BCUT2D eigenvalue weighted by Gasteiger charge is -2.31. The van der Waals surface area contributed by atoms with Gasteiger partial charge >= 0.3 is 0 Å². The second-order valence-electron chi connectivity index (χ2n) is 6.80. The summed E-state index contributed by atoms with van der Waals surface area (Å²) in [4.78, 5) is 24.1. The molecule has 0 aliphatic carbocycles. The summed E-state index contributed by atoms with van der Waals surface area (Å²) < 4.78 is 1.78. The average molecular weight is 354 g/mol. The number of para-hydroxylation sites is 1. The van der Waals surface area contributed by atoms with Gasteiger partial charge in [0.2, 0.25) is 0 Å². The van der Waals surface area contributed by atoms with Crippen molar-refractivity contribution in [3.05, 3.63) is 57.0 Å². The molecule has 0 atom stereocenters. The highest BCUT2D eigenvalue weighted by atomic mass is 32.1. The SMILES string of the molecule is Cc1nc(CN2CCC(Cn3cnc4ccccc4c3=O)CC2)cs1. The number of rotatable bonds is 4. The van der Waals surface area contributed by atoms with E-state index in [0.29, 0.717) is 11.3 Å². The summed E-state index contributed by atoms with van der Waals surface area (Å²) in [6.45, 7) is 5.89. The Morgan fingerprint density at radius 1 is 1.24 bits per heavy atom. The molecular formula is C19H22N4OS. The van der Waals surface area contributed by atoms with Crippen LogP contribution >= 0.6 is 11.3 Å². The Balaban J connectivity index is 1.39. The van der Waals surface area contributed by atoms with Gasteiger partial charge in [-0.05, 0) is 50.9 Å². The summed E-state index contributed by atoms with van der Waals surface area (Å²) in [5, 5.41) is 4.00. The first-order chi connectivity index (χ1) is 12.2. The van der Waals surface area contributed by atoms with E-state index in [1.165, 1.54) is 5.69 Å². The minimum absolute atomic E-state index is 0.0750. The second kappa shape index (κ2) is 7.06. The minimum Gasteiger partial charge on any atom is -0.298 e. The predicted molar refractivity (Wildman–Crippen MR) is 101 cm³/mol. The molecule has 1 aliphatic rings. The van der Waals surface area contributed by atoms with E-state index in [4.69, 9.17) is 0 Å². The van der Waals surface area contributed by atoms with E-state index in [-0.39, 0.29) is 5.56 Å². The number of hydrogen-bond acceptors (Lipinski definition) is 5. The van der Waals surface area contributed by atoms with Crippen LogP contribution in [0.1, 0.15) is 23.5 Å². The maximum Gasteiger partial charge on any atom is 0.261 e. The highest BCUT2D eigenvalue weighted by Crippen LogP contribution is 2.21. The van der Waals surface area contributed by atoms with Crippen LogP contribution in [0.3, 0.4) is 0 Å². The molecule has 0 unspecified atom stereocenters. The molecule has 1 aliphatic heterocycles.